The Morgan fingerprint density at radius 1 is 1.50 bits per heavy atom. The van der Waals surface area contributed by atoms with Crippen LogP contribution in [0.25, 0.3) is 10.2 Å². The first kappa shape index (κ1) is 12.8. The van der Waals surface area contributed by atoms with Crippen LogP contribution >= 0.6 is 11.3 Å². The van der Waals surface area contributed by atoms with Gasteiger partial charge in [-0.3, -0.25) is 4.79 Å². The first-order chi connectivity index (χ1) is 8.68. The smallest absolute Gasteiger partial charge is 0.216 e. The zero-order chi connectivity index (χ0) is 13.0. The monoisotopic (exact) mass is 264 g/mol. The molecule has 0 aliphatic rings. The number of thiophene rings is 1. The van der Waals surface area contributed by atoms with Crippen LogP contribution in [0, 0.1) is 0 Å². The van der Waals surface area contributed by atoms with E-state index in [1.165, 1.54) is 6.92 Å². The second-order valence-corrected chi connectivity index (χ2v) is 4.99. The van der Waals surface area contributed by atoms with Gasteiger partial charge in [0.1, 0.15) is 17.0 Å². The van der Waals surface area contributed by atoms with Crippen LogP contribution in [0.1, 0.15) is 13.3 Å². The largest absolute Gasteiger partial charge is 0.359 e. The van der Waals surface area contributed by atoms with Gasteiger partial charge in [0.05, 0.1) is 5.39 Å². The van der Waals surface area contributed by atoms with Crippen molar-refractivity contribution in [3.05, 3.63) is 17.8 Å². The molecular weight excluding hydrogens is 248 g/mol. The minimum atomic E-state index is 0.0138. The van der Waals surface area contributed by atoms with Crippen LogP contribution in [0.4, 0.5) is 5.82 Å². The van der Waals surface area contributed by atoms with Gasteiger partial charge in [0, 0.05) is 27.1 Å². The van der Waals surface area contributed by atoms with Crippen LogP contribution < -0.4 is 10.2 Å². The molecule has 2 heterocycles. The summed E-state index contributed by atoms with van der Waals surface area (Å²) in [6.45, 7) is 3.07. The summed E-state index contributed by atoms with van der Waals surface area (Å²) in [5, 5.41) is 5.90. The maximum atomic E-state index is 10.8. The lowest BCUT2D eigenvalue weighted by Gasteiger charge is -2.18. The maximum Gasteiger partial charge on any atom is 0.216 e. The van der Waals surface area contributed by atoms with E-state index < -0.39 is 0 Å². The minimum Gasteiger partial charge on any atom is -0.359 e. The van der Waals surface area contributed by atoms with Gasteiger partial charge in [-0.25, -0.2) is 9.97 Å². The second-order valence-electron chi connectivity index (χ2n) is 4.09. The number of hydrogen-bond acceptors (Lipinski definition) is 5. The summed E-state index contributed by atoms with van der Waals surface area (Å²) in [6.07, 6.45) is 2.49. The van der Waals surface area contributed by atoms with Gasteiger partial charge in [0.15, 0.2) is 0 Å². The van der Waals surface area contributed by atoms with Crippen molar-refractivity contribution in [2.75, 3.05) is 25.0 Å². The molecule has 0 spiro atoms. The number of aromatic nitrogens is 2. The van der Waals surface area contributed by atoms with E-state index >= 15 is 0 Å². The molecule has 6 heteroatoms. The van der Waals surface area contributed by atoms with Gasteiger partial charge in [-0.05, 0) is 17.9 Å². The fourth-order valence-electron chi connectivity index (χ4n) is 1.77. The summed E-state index contributed by atoms with van der Waals surface area (Å²) in [5.41, 5.74) is 0. The molecule has 18 heavy (non-hydrogen) atoms. The third kappa shape index (κ3) is 2.95. The van der Waals surface area contributed by atoms with E-state index in [4.69, 9.17) is 0 Å². The molecule has 0 radical (unpaired) electrons. The number of anilines is 1. The number of carbonyl (C=O) groups is 1. The number of nitrogens with one attached hydrogen (secondary N) is 1. The van der Waals surface area contributed by atoms with Crippen LogP contribution in [0.3, 0.4) is 0 Å². The van der Waals surface area contributed by atoms with E-state index in [1.54, 1.807) is 17.7 Å². The normalized spacial score (nSPS) is 10.6. The third-order valence-corrected chi connectivity index (χ3v) is 3.47. The van der Waals surface area contributed by atoms with E-state index in [9.17, 15) is 4.79 Å². The second kappa shape index (κ2) is 5.77. The van der Waals surface area contributed by atoms with Crippen molar-refractivity contribution < 1.29 is 4.79 Å². The summed E-state index contributed by atoms with van der Waals surface area (Å²) in [6, 6.07) is 2.04. The standard InChI is InChI=1S/C12H16N4OS/c1-9(17)13-5-3-6-16(2)11-10-4-7-18-12(10)15-8-14-11/h4,7-8H,3,5-6H2,1-2H3,(H,13,17). The highest BCUT2D eigenvalue weighted by atomic mass is 32.1. The van der Waals surface area contributed by atoms with Gasteiger partial charge >= 0.3 is 0 Å². The predicted octanol–water partition coefficient (Wildman–Crippen LogP) is 1.65. The van der Waals surface area contributed by atoms with Crippen molar-refractivity contribution in [3.63, 3.8) is 0 Å². The molecule has 5 nitrogen and oxygen atoms in total. The van der Waals surface area contributed by atoms with Crippen LogP contribution in [0.5, 0.6) is 0 Å². The lowest BCUT2D eigenvalue weighted by Crippen LogP contribution is -2.26. The summed E-state index contributed by atoms with van der Waals surface area (Å²) in [4.78, 5) is 22.4. The van der Waals surface area contributed by atoms with Gasteiger partial charge in [-0.2, -0.15) is 0 Å². The van der Waals surface area contributed by atoms with E-state index in [0.29, 0.717) is 6.54 Å². The van der Waals surface area contributed by atoms with Crippen molar-refractivity contribution in [2.45, 2.75) is 13.3 Å². The van der Waals surface area contributed by atoms with Crippen LogP contribution in [0.15, 0.2) is 17.8 Å². The molecule has 0 fully saturated rings. The highest BCUT2D eigenvalue weighted by Crippen LogP contribution is 2.25. The molecule has 0 atom stereocenters. The van der Waals surface area contributed by atoms with Crippen LogP contribution in [-0.2, 0) is 4.79 Å². The fourth-order valence-corrected chi connectivity index (χ4v) is 2.50. The zero-order valence-electron chi connectivity index (χ0n) is 10.5. The molecule has 96 valence electrons. The summed E-state index contributed by atoms with van der Waals surface area (Å²) in [7, 11) is 2.01. The van der Waals surface area contributed by atoms with Gasteiger partial charge in [0.25, 0.3) is 0 Å². The Morgan fingerprint density at radius 3 is 3.11 bits per heavy atom. The molecule has 0 saturated carbocycles. The summed E-state index contributed by atoms with van der Waals surface area (Å²) < 4.78 is 0. The number of carbonyl (C=O) groups excluding carboxylic acids is 1. The van der Waals surface area contributed by atoms with Crippen molar-refractivity contribution in [2.24, 2.45) is 0 Å². The van der Waals surface area contributed by atoms with Crippen molar-refractivity contribution in [1.29, 1.82) is 0 Å². The average molecular weight is 264 g/mol. The van der Waals surface area contributed by atoms with Gasteiger partial charge in [-0.15, -0.1) is 11.3 Å². The molecule has 2 rings (SSSR count). The molecule has 0 aliphatic carbocycles. The Kier molecular flexibility index (Phi) is 4.09. The summed E-state index contributed by atoms with van der Waals surface area (Å²) in [5.74, 6) is 0.962. The maximum absolute atomic E-state index is 10.8. The van der Waals surface area contributed by atoms with E-state index in [0.717, 1.165) is 29.0 Å². The number of hydrogen-bond donors (Lipinski definition) is 1. The third-order valence-electron chi connectivity index (χ3n) is 2.65. The van der Waals surface area contributed by atoms with Crippen molar-refractivity contribution >= 4 is 33.3 Å². The zero-order valence-corrected chi connectivity index (χ0v) is 11.3. The van der Waals surface area contributed by atoms with E-state index in [2.05, 4.69) is 20.2 Å². The highest BCUT2D eigenvalue weighted by molar-refractivity contribution is 7.16. The number of rotatable bonds is 5. The summed E-state index contributed by atoms with van der Waals surface area (Å²) >= 11 is 1.62. The Balaban J connectivity index is 1.98. The molecule has 2 aromatic rings. The molecule has 0 bridgehead atoms. The van der Waals surface area contributed by atoms with Gasteiger partial charge < -0.3 is 10.2 Å². The lowest BCUT2D eigenvalue weighted by atomic mass is 10.3. The molecular formula is C12H16N4OS. The fraction of sp³-hybridized carbons (Fsp3) is 0.417. The topological polar surface area (TPSA) is 58.1 Å². The van der Waals surface area contributed by atoms with Crippen molar-refractivity contribution in [1.82, 2.24) is 15.3 Å². The van der Waals surface area contributed by atoms with Gasteiger partial charge in [0.2, 0.25) is 5.91 Å². The molecule has 1 amide bonds. The Labute approximate surface area is 110 Å². The molecule has 0 aliphatic heterocycles. The van der Waals surface area contributed by atoms with Crippen LogP contribution in [-0.4, -0.2) is 36.0 Å². The number of fused-ring (bicyclic) bond motifs is 1. The van der Waals surface area contributed by atoms with Crippen LogP contribution in [0.2, 0.25) is 0 Å². The number of nitrogens with zero attached hydrogens (tertiary/aromatic N) is 3. The molecule has 0 unspecified atom stereocenters. The Bertz CT molecular complexity index is 540. The molecule has 2 aromatic heterocycles. The Morgan fingerprint density at radius 2 is 2.33 bits per heavy atom. The highest BCUT2D eigenvalue weighted by Gasteiger charge is 2.08. The lowest BCUT2D eigenvalue weighted by molar-refractivity contribution is -0.118. The quantitative estimate of drug-likeness (QED) is 0.834. The Hall–Kier alpha value is -1.69. The van der Waals surface area contributed by atoms with E-state index in [1.807, 2.05) is 18.5 Å². The average Bonchev–Trinajstić information content (AvgIpc) is 2.82. The minimum absolute atomic E-state index is 0.0138. The molecule has 1 N–H and O–H groups in total. The van der Waals surface area contributed by atoms with Crippen molar-refractivity contribution in [3.8, 4) is 0 Å². The number of amides is 1. The molecule has 0 aromatic carbocycles. The first-order valence-corrected chi connectivity index (χ1v) is 6.70. The predicted molar refractivity (Wildman–Crippen MR) is 74.0 cm³/mol. The van der Waals surface area contributed by atoms with Gasteiger partial charge in [-0.1, -0.05) is 0 Å². The SMILES string of the molecule is CC(=O)NCCCN(C)c1ncnc2sccc12. The van der Waals surface area contributed by atoms with E-state index in [-0.39, 0.29) is 5.91 Å². The first-order valence-electron chi connectivity index (χ1n) is 5.82. The molecule has 0 saturated heterocycles.